The van der Waals surface area contributed by atoms with Gasteiger partial charge >= 0.3 is 33.0 Å². The minimum atomic E-state index is -10.7. The second-order valence-corrected chi connectivity index (χ2v) is 15.7. The molecule has 0 radical (unpaired) electrons. The predicted molar refractivity (Wildman–Crippen MR) is 171 cm³/mol. The van der Waals surface area contributed by atoms with Gasteiger partial charge in [0.25, 0.3) is 5.91 Å². The van der Waals surface area contributed by atoms with Gasteiger partial charge in [-0.2, -0.15) is 0 Å². The van der Waals surface area contributed by atoms with E-state index in [4.69, 9.17) is 0 Å². The molecule has 0 N–H and O–H groups in total. The molecule has 5 rings (SSSR count). The fourth-order valence-electron chi connectivity index (χ4n) is 5.27. The fraction of sp³-hybridized carbons (Fsp3) is 0.400. The molecule has 1 amide bonds. The van der Waals surface area contributed by atoms with E-state index in [2.05, 4.69) is 80.9 Å². The van der Waals surface area contributed by atoms with Crippen LogP contribution in [0.2, 0.25) is 0 Å². The third-order valence-electron chi connectivity index (χ3n) is 7.66. The number of hydrogen-bond donors (Lipinski definition) is 0. The van der Waals surface area contributed by atoms with E-state index in [0.29, 0.717) is 0 Å². The first kappa shape index (κ1) is 33.2. The summed E-state index contributed by atoms with van der Waals surface area (Å²) < 4.78 is 62.6. The van der Waals surface area contributed by atoms with E-state index in [-0.39, 0.29) is 11.3 Å². The molecular weight excluding hydrogens is 627 g/mol. The van der Waals surface area contributed by atoms with Crippen molar-refractivity contribution in [1.82, 2.24) is 9.48 Å². The molecule has 0 atom stereocenters. The monoisotopic (exact) mass is 663 g/mol. The number of fused-ring (bicyclic) bond motifs is 3. The summed E-state index contributed by atoms with van der Waals surface area (Å²) in [6, 6.07) is 15.8. The average molecular weight is 664 g/mol. The number of nitrogens with zero attached hydrogens (tertiary/aromatic N) is 3. The molecule has 0 saturated heterocycles. The molecule has 236 valence electrons. The van der Waals surface area contributed by atoms with Gasteiger partial charge < -0.3 is 9.80 Å². The predicted octanol–water partition coefficient (Wildman–Crippen LogP) is 9.75. The molecule has 43 heavy (non-hydrogen) atoms. The Hall–Kier alpha value is -2.69. The van der Waals surface area contributed by atoms with Crippen molar-refractivity contribution in [2.24, 2.45) is 0 Å². The number of carbonyl (C=O) groups is 1. The van der Waals surface area contributed by atoms with Gasteiger partial charge in [-0.1, -0.05) is 13.8 Å². The molecule has 13 heteroatoms. The summed E-state index contributed by atoms with van der Waals surface area (Å²) in [4.78, 5) is 20.7. The van der Waals surface area contributed by atoms with E-state index in [1.165, 1.54) is 42.7 Å². The van der Waals surface area contributed by atoms with Crippen LogP contribution in [0.15, 0.2) is 42.5 Å². The maximum atomic E-state index is 13.1. The van der Waals surface area contributed by atoms with E-state index >= 15 is 0 Å². The van der Waals surface area contributed by atoms with Crippen molar-refractivity contribution in [2.75, 3.05) is 45.7 Å². The van der Waals surface area contributed by atoms with E-state index < -0.39 is 7.81 Å². The number of rotatable bonds is 4. The van der Waals surface area contributed by atoms with Crippen LogP contribution in [0.1, 0.15) is 49.4 Å². The topological polar surface area (TPSA) is 26.6 Å². The molecule has 2 aliphatic heterocycles. The zero-order valence-corrected chi connectivity index (χ0v) is 27.7. The van der Waals surface area contributed by atoms with E-state index in [1.807, 2.05) is 36.2 Å². The van der Waals surface area contributed by atoms with E-state index in [9.17, 15) is 30.0 Å². The molecule has 3 aliphatic rings. The molecule has 0 saturated carbocycles. The Morgan fingerprint density at radius 2 is 1.58 bits per heavy atom. The second kappa shape index (κ2) is 10.7. The standard InChI is InChI=1S/C30H36N3OS2.F6P/c1-8-33(9-2)29(34)25-13-12-24(35-25)28-20-11-10-19(31(5)6)16-26(20)36-27-18-23-22(17-21(27)28)30(3,4)14-15-32(23)7;1-7(2,3,4,5)6/h10-13,16-18H,8-9,14-15H2,1-7H3;/q+1;-1. The first-order valence-electron chi connectivity index (χ1n) is 13.8. The van der Waals surface area contributed by atoms with Crippen molar-refractivity contribution < 1.29 is 30.0 Å². The Morgan fingerprint density at radius 1 is 0.953 bits per heavy atom. The van der Waals surface area contributed by atoms with Crippen LogP contribution >= 0.6 is 30.5 Å². The number of halogens is 6. The minimum absolute atomic E-state index is 0.124. The van der Waals surface area contributed by atoms with Gasteiger partial charge in [-0.15, -0.1) is 22.7 Å². The molecule has 2 aromatic rings. The summed E-state index contributed by atoms with van der Waals surface area (Å²) >= 11 is 3.49. The van der Waals surface area contributed by atoms with Gasteiger partial charge in [0.1, 0.15) is 14.1 Å². The normalized spacial score (nSPS) is 16.2. The van der Waals surface area contributed by atoms with Crippen LogP contribution in [0.5, 0.6) is 0 Å². The van der Waals surface area contributed by atoms with Crippen molar-refractivity contribution in [3.05, 3.63) is 58.3 Å². The first-order chi connectivity index (χ1) is 19.6. The molecule has 0 bridgehead atoms. The van der Waals surface area contributed by atoms with Crippen molar-refractivity contribution in [3.8, 4) is 20.9 Å². The number of thiophene rings is 1. The average Bonchev–Trinajstić information content (AvgIpc) is 3.37. The molecule has 0 spiro atoms. The van der Waals surface area contributed by atoms with Gasteiger partial charge in [-0.3, -0.25) is 4.79 Å². The van der Waals surface area contributed by atoms with E-state index in [1.54, 1.807) is 11.3 Å². The number of carbonyl (C=O) groups excluding carboxylic acids is 1. The summed E-state index contributed by atoms with van der Waals surface area (Å²) in [5.41, 5.74) is 5.38. The van der Waals surface area contributed by atoms with Gasteiger partial charge in [0.05, 0.1) is 4.88 Å². The number of benzene rings is 2. The molecule has 0 fully saturated rings. The van der Waals surface area contributed by atoms with Gasteiger partial charge in [-0.05, 0) is 61.6 Å². The fourth-order valence-corrected chi connectivity index (χ4v) is 7.46. The van der Waals surface area contributed by atoms with Crippen molar-refractivity contribution >= 4 is 52.2 Å². The summed E-state index contributed by atoms with van der Waals surface area (Å²) in [7, 11) is -4.27. The van der Waals surface area contributed by atoms with Crippen LogP contribution < -0.4 is 14.8 Å². The Kier molecular flexibility index (Phi) is 8.29. The molecule has 3 heterocycles. The molecule has 1 aromatic carbocycles. The maximum absolute atomic E-state index is 13.1. The molecule has 4 nitrogen and oxygen atoms in total. The molecule has 1 aliphatic carbocycles. The second-order valence-electron chi connectivity index (χ2n) is 11.6. The number of anilines is 1. The van der Waals surface area contributed by atoms with Crippen molar-refractivity contribution in [1.29, 1.82) is 0 Å². The number of amides is 1. The third kappa shape index (κ3) is 7.88. The van der Waals surface area contributed by atoms with Gasteiger partial charge in [0.2, 0.25) is 5.36 Å². The van der Waals surface area contributed by atoms with Crippen LogP contribution in [0.4, 0.5) is 30.9 Å². The molecule has 1 aromatic heterocycles. The summed E-state index contributed by atoms with van der Waals surface area (Å²) in [5, 5.41) is 2.49. The van der Waals surface area contributed by atoms with Crippen molar-refractivity contribution in [3.63, 3.8) is 0 Å². The summed E-state index contributed by atoms with van der Waals surface area (Å²) in [5.74, 6) is 0.124. The van der Waals surface area contributed by atoms with Crippen LogP contribution in [0, 0.1) is 0 Å². The summed E-state index contributed by atoms with van der Waals surface area (Å²) in [6.45, 7) is 11.3. The SMILES string of the molecule is CCN(CC)C(=O)c1ccc(-c2c3ccc(=[N+](C)C)cc-3sc3cc4c(cc23)C(C)(C)CCN4C)s1.F[P-](F)(F)(F)(F)F. The summed E-state index contributed by atoms with van der Waals surface area (Å²) in [6.07, 6.45) is 1.14. The van der Waals surface area contributed by atoms with Gasteiger partial charge in [0, 0.05) is 75.5 Å². The van der Waals surface area contributed by atoms with Gasteiger partial charge in [0.15, 0.2) is 0 Å². The molecule has 0 unspecified atom stereocenters. The quantitative estimate of drug-likeness (QED) is 0.0941. The Bertz CT molecular complexity index is 1730. The van der Waals surface area contributed by atoms with Crippen LogP contribution in [-0.4, -0.2) is 51.6 Å². The Morgan fingerprint density at radius 3 is 2.16 bits per heavy atom. The zero-order valence-electron chi connectivity index (χ0n) is 25.2. The Balaban J connectivity index is 0.000000541. The van der Waals surface area contributed by atoms with Crippen LogP contribution in [-0.2, 0) is 5.41 Å². The van der Waals surface area contributed by atoms with Crippen LogP contribution in [0.3, 0.4) is 0 Å². The van der Waals surface area contributed by atoms with E-state index in [0.717, 1.165) is 35.8 Å². The van der Waals surface area contributed by atoms with Gasteiger partial charge in [-0.25, -0.2) is 4.58 Å². The Labute approximate surface area is 255 Å². The van der Waals surface area contributed by atoms with Crippen molar-refractivity contribution in [2.45, 2.75) is 39.5 Å². The van der Waals surface area contributed by atoms with Crippen LogP contribution in [0.25, 0.3) is 31.0 Å². The number of hydrogen-bond acceptors (Lipinski definition) is 4. The zero-order chi connectivity index (χ0) is 32.2. The molecular formula is C30H36F6N3OPS2. The third-order valence-corrected chi connectivity index (χ3v) is 9.87. The first-order valence-corrected chi connectivity index (χ1v) is 17.5.